The van der Waals surface area contributed by atoms with E-state index >= 15 is 0 Å². The van der Waals surface area contributed by atoms with E-state index in [0.29, 0.717) is 5.56 Å². The van der Waals surface area contributed by atoms with Gasteiger partial charge in [-0.25, -0.2) is 4.79 Å². The van der Waals surface area contributed by atoms with E-state index in [1.807, 2.05) is 30.3 Å². The molecule has 2 aromatic carbocycles. The first-order valence-corrected chi connectivity index (χ1v) is 10.6. The zero-order chi connectivity index (χ0) is 23.4. The van der Waals surface area contributed by atoms with Gasteiger partial charge in [0, 0.05) is 7.11 Å². The number of carbonyl (C=O) groups is 1. The number of carbonyl (C=O) groups excluding carboxylic acids is 1. The lowest BCUT2D eigenvalue weighted by molar-refractivity contribution is -0.293. The second kappa shape index (κ2) is 10.8. The molecule has 3 rings (SSSR count). The van der Waals surface area contributed by atoms with E-state index in [1.165, 1.54) is 13.2 Å². The van der Waals surface area contributed by atoms with Crippen molar-refractivity contribution in [3.05, 3.63) is 63.1 Å². The fourth-order valence-electron chi connectivity index (χ4n) is 3.33. The van der Waals surface area contributed by atoms with Crippen molar-refractivity contribution in [3.8, 4) is 5.75 Å². The van der Waals surface area contributed by atoms with Crippen molar-refractivity contribution < 1.29 is 39.1 Å². The zero-order valence-corrected chi connectivity index (χ0v) is 18.9. The Morgan fingerprint density at radius 3 is 2.47 bits per heavy atom. The zero-order valence-electron chi connectivity index (χ0n) is 17.4. The fourth-order valence-corrected chi connectivity index (χ4v) is 3.89. The van der Waals surface area contributed by atoms with Crippen LogP contribution in [0.2, 0.25) is 10.0 Å². The molecule has 0 bridgehead atoms. The van der Waals surface area contributed by atoms with Crippen molar-refractivity contribution in [1.29, 1.82) is 0 Å². The molecule has 8 nitrogen and oxygen atoms in total. The number of benzene rings is 2. The van der Waals surface area contributed by atoms with Crippen LogP contribution < -0.4 is 4.74 Å². The van der Waals surface area contributed by atoms with Crippen LogP contribution in [0.5, 0.6) is 5.75 Å². The Labute approximate surface area is 195 Å². The number of aliphatic hydroxyl groups is 3. The first kappa shape index (κ1) is 24.7. The van der Waals surface area contributed by atoms with Crippen molar-refractivity contribution in [2.24, 2.45) is 0 Å². The van der Waals surface area contributed by atoms with Crippen LogP contribution in [-0.4, -0.2) is 65.7 Å². The smallest absolute Gasteiger partial charge is 0.339 e. The first-order chi connectivity index (χ1) is 15.3. The van der Waals surface area contributed by atoms with Gasteiger partial charge in [0.25, 0.3) is 0 Å². The molecule has 174 valence electrons. The molecule has 1 aliphatic heterocycles. The number of rotatable bonds is 7. The Kier molecular flexibility index (Phi) is 8.35. The summed E-state index contributed by atoms with van der Waals surface area (Å²) >= 11 is 12.7. The number of methoxy groups -OCH3 is 1. The van der Waals surface area contributed by atoms with Crippen LogP contribution in [0.4, 0.5) is 0 Å². The summed E-state index contributed by atoms with van der Waals surface area (Å²) in [6.07, 6.45) is -6.66. The molecule has 0 spiro atoms. The molecule has 3 N–H and O–H groups in total. The lowest BCUT2D eigenvalue weighted by Gasteiger charge is -2.40. The van der Waals surface area contributed by atoms with Crippen LogP contribution in [-0.2, 0) is 20.8 Å². The molecule has 1 aliphatic rings. The van der Waals surface area contributed by atoms with Gasteiger partial charge < -0.3 is 34.3 Å². The van der Waals surface area contributed by atoms with Gasteiger partial charge in [-0.05, 0) is 24.1 Å². The topological polar surface area (TPSA) is 115 Å². The second-order valence-electron chi connectivity index (χ2n) is 7.26. The lowest BCUT2D eigenvalue weighted by Crippen LogP contribution is -2.60. The second-order valence-corrected chi connectivity index (χ2v) is 8.05. The highest BCUT2D eigenvalue weighted by Crippen LogP contribution is 2.38. The van der Waals surface area contributed by atoms with E-state index < -0.39 is 43.3 Å². The quantitative estimate of drug-likeness (QED) is 0.511. The predicted molar refractivity (Wildman–Crippen MR) is 116 cm³/mol. The molecular weight excluding hydrogens is 463 g/mol. The largest absolute Gasteiger partial charge is 0.486 e. The Bertz CT molecular complexity index is 937. The molecular formula is C22H24Cl2O8. The number of aliphatic hydroxyl groups excluding tert-OH is 3. The van der Waals surface area contributed by atoms with E-state index in [-0.39, 0.29) is 28.0 Å². The molecule has 10 heteroatoms. The van der Waals surface area contributed by atoms with Crippen molar-refractivity contribution >= 4 is 29.2 Å². The molecule has 1 saturated heterocycles. The molecule has 1 fully saturated rings. The molecule has 0 saturated carbocycles. The van der Waals surface area contributed by atoms with Gasteiger partial charge in [-0.1, -0.05) is 53.5 Å². The Morgan fingerprint density at radius 1 is 1.16 bits per heavy atom. The SMILES string of the molecule is CO[C@H]1O[C@H](CO)[C@@H](O)[C@H](O)[C@H]1OC(=O)c1cc(Cl)c(OCc2ccccc2)c(Cl)c1C. The Morgan fingerprint density at radius 2 is 1.84 bits per heavy atom. The number of ether oxygens (including phenoxy) is 4. The highest BCUT2D eigenvalue weighted by Gasteiger charge is 2.47. The summed E-state index contributed by atoms with van der Waals surface area (Å²) in [5.74, 6) is -0.631. The molecule has 2 aromatic rings. The minimum Gasteiger partial charge on any atom is -0.486 e. The van der Waals surface area contributed by atoms with E-state index in [1.54, 1.807) is 6.92 Å². The Balaban J connectivity index is 1.79. The van der Waals surface area contributed by atoms with Crippen LogP contribution >= 0.6 is 23.2 Å². The average Bonchev–Trinajstić information content (AvgIpc) is 2.80. The third-order valence-corrected chi connectivity index (χ3v) is 5.90. The minimum atomic E-state index is -1.55. The van der Waals surface area contributed by atoms with Crippen LogP contribution in [0.15, 0.2) is 36.4 Å². The van der Waals surface area contributed by atoms with Gasteiger partial charge in [-0.3, -0.25) is 0 Å². The van der Waals surface area contributed by atoms with Crippen molar-refractivity contribution in [2.75, 3.05) is 13.7 Å². The van der Waals surface area contributed by atoms with Gasteiger partial charge in [0.1, 0.15) is 24.9 Å². The van der Waals surface area contributed by atoms with Gasteiger partial charge in [-0.15, -0.1) is 0 Å². The summed E-state index contributed by atoms with van der Waals surface area (Å²) in [6.45, 7) is 1.28. The summed E-state index contributed by atoms with van der Waals surface area (Å²) < 4.78 is 21.6. The van der Waals surface area contributed by atoms with Gasteiger partial charge in [-0.2, -0.15) is 0 Å². The van der Waals surface area contributed by atoms with Crippen LogP contribution in [0, 0.1) is 6.92 Å². The van der Waals surface area contributed by atoms with Crippen LogP contribution in [0.3, 0.4) is 0 Å². The minimum absolute atomic E-state index is 0.0490. The standard InChI is InChI=1S/C22H24Cl2O8/c1-11-13(8-14(23)19(16(11)24)30-10-12-6-4-3-5-7-12)21(28)32-20-18(27)17(26)15(9-25)31-22(20)29-2/h3-8,15,17-18,20,22,25-27H,9-10H2,1-2H3/t15-,17-,18+,20-,22+/m1/s1. The van der Waals surface area contributed by atoms with Gasteiger partial charge in [0.2, 0.25) is 0 Å². The summed E-state index contributed by atoms with van der Waals surface area (Å²) in [4.78, 5) is 12.9. The molecule has 0 radical (unpaired) electrons. The third-order valence-electron chi connectivity index (χ3n) is 5.17. The average molecular weight is 487 g/mol. The monoisotopic (exact) mass is 486 g/mol. The van der Waals surface area contributed by atoms with E-state index in [2.05, 4.69) is 0 Å². The van der Waals surface area contributed by atoms with Crippen LogP contribution in [0.1, 0.15) is 21.5 Å². The van der Waals surface area contributed by atoms with Crippen molar-refractivity contribution in [3.63, 3.8) is 0 Å². The van der Waals surface area contributed by atoms with Gasteiger partial charge in [0.15, 0.2) is 18.1 Å². The molecule has 1 heterocycles. The number of esters is 1. The molecule has 5 atom stereocenters. The summed E-state index contributed by atoms with van der Waals surface area (Å²) in [5, 5.41) is 30.0. The molecule has 32 heavy (non-hydrogen) atoms. The van der Waals surface area contributed by atoms with E-state index in [9.17, 15) is 20.1 Å². The van der Waals surface area contributed by atoms with Gasteiger partial charge in [0.05, 0.1) is 22.2 Å². The maximum absolute atomic E-state index is 12.9. The van der Waals surface area contributed by atoms with E-state index in [4.69, 9.17) is 42.1 Å². The summed E-state index contributed by atoms with van der Waals surface area (Å²) in [5.41, 5.74) is 1.32. The summed E-state index contributed by atoms with van der Waals surface area (Å²) in [7, 11) is 1.28. The summed E-state index contributed by atoms with van der Waals surface area (Å²) in [6, 6.07) is 10.8. The number of hydrogen-bond acceptors (Lipinski definition) is 8. The fraction of sp³-hybridized carbons (Fsp3) is 0.409. The molecule has 0 unspecified atom stereocenters. The number of hydrogen-bond donors (Lipinski definition) is 3. The predicted octanol–water partition coefficient (Wildman–Crippen LogP) is 2.49. The van der Waals surface area contributed by atoms with Crippen molar-refractivity contribution in [2.45, 2.75) is 44.2 Å². The van der Waals surface area contributed by atoms with Crippen LogP contribution in [0.25, 0.3) is 0 Å². The highest BCUT2D eigenvalue weighted by atomic mass is 35.5. The van der Waals surface area contributed by atoms with Crippen molar-refractivity contribution in [1.82, 2.24) is 0 Å². The maximum atomic E-state index is 12.9. The highest BCUT2D eigenvalue weighted by molar-refractivity contribution is 6.38. The third kappa shape index (κ3) is 5.18. The Hall–Kier alpha value is -1.91. The first-order valence-electron chi connectivity index (χ1n) is 9.80. The molecule has 0 amide bonds. The number of halogens is 2. The molecule has 0 aromatic heterocycles. The molecule has 0 aliphatic carbocycles. The van der Waals surface area contributed by atoms with Gasteiger partial charge >= 0.3 is 5.97 Å². The lowest BCUT2D eigenvalue weighted by atomic mass is 9.99. The normalized spacial score (nSPS) is 25.4. The van der Waals surface area contributed by atoms with E-state index in [0.717, 1.165) is 5.56 Å². The maximum Gasteiger partial charge on any atom is 0.339 e.